The van der Waals surface area contributed by atoms with Gasteiger partial charge in [0.25, 0.3) is 5.89 Å². The van der Waals surface area contributed by atoms with E-state index in [1.54, 1.807) is 6.20 Å². The summed E-state index contributed by atoms with van der Waals surface area (Å²) < 4.78 is 5.17. The van der Waals surface area contributed by atoms with Gasteiger partial charge in [0.1, 0.15) is 5.82 Å². The summed E-state index contributed by atoms with van der Waals surface area (Å²) in [5.74, 6) is 2.88. The molecule has 0 aromatic carbocycles. The van der Waals surface area contributed by atoms with Crippen LogP contribution in [0.15, 0.2) is 22.9 Å². The zero-order valence-corrected chi connectivity index (χ0v) is 11.3. The molecule has 100 valence electrons. The van der Waals surface area contributed by atoms with Crippen molar-refractivity contribution in [3.05, 3.63) is 24.2 Å². The lowest BCUT2D eigenvalue weighted by Gasteiger charge is -2.05. The van der Waals surface area contributed by atoms with Gasteiger partial charge in [0.15, 0.2) is 5.82 Å². The van der Waals surface area contributed by atoms with Crippen LogP contribution in [0.2, 0.25) is 0 Å². The maximum atomic E-state index is 5.17. The molecular formula is C14H18N4O. The van der Waals surface area contributed by atoms with E-state index in [9.17, 15) is 0 Å². The number of hydrogen-bond donors (Lipinski definition) is 1. The third-order valence-corrected chi connectivity index (χ3v) is 3.45. The van der Waals surface area contributed by atoms with E-state index >= 15 is 0 Å². The Hall–Kier alpha value is -1.91. The molecule has 0 aliphatic heterocycles. The number of anilines is 1. The monoisotopic (exact) mass is 258 g/mol. The van der Waals surface area contributed by atoms with Crippen molar-refractivity contribution < 1.29 is 4.52 Å². The second kappa shape index (κ2) is 4.99. The van der Waals surface area contributed by atoms with Gasteiger partial charge in [-0.2, -0.15) is 4.98 Å². The Balaban J connectivity index is 1.70. The molecule has 0 bridgehead atoms. The molecule has 5 heteroatoms. The van der Waals surface area contributed by atoms with Crippen LogP contribution in [0, 0.1) is 12.8 Å². The summed E-state index contributed by atoms with van der Waals surface area (Å²) in [5.41, 5.74) is 0.908. The van der Waals surface area contributed by atoms with Crippen molar-refractivity contribution in [2.75, 3.05) is 5.32 Å². The van der Waals surface area contributed by atoms with Crippen molar-refractivity contribution in [1.82, 2.24) is 15.1 Å². The molecule has 1 N–H and O–H groups in total. The summed E-state index contributed by atoms with van der Waals surface area (Å²) in [6.45, 7) is 4.04. The zero-order chi connectivity index (χ0) is 13.2. The summed E-state index contributed by atoms with van der Waals surface area (Å²) in [7, 11) is 0. The predicted octanol–water partition coefficient (Wildman–Crippen LogP) is 3.04. The van der Waals surface area contributed by atoms with Gasteiger partial charge in [0.2, 0.25) is 0 Å². The summed E-state index contributed by atoms with van der Waals surface area (Å²) in [5, 5.41) is 7.27. The van der Waals surface area contributed by atoms with Gasteiger partial charge in [-0.05, 0) is 37.8 Å². The molecule has 1 aliphatic carbocycles. The normalized spacial score (nSPS) is 21.4. The van der Waals surface area contributed by atoms with E-state index in [1.165, 1.54) is 19.3 Å². The number of aromatic nitrogens is 3. The van der Waals surface area contributed by atoms with Crippen molar-refractivity contribution >= 4 is 5.82 Å². The fraction of sp³-hybridized carbons (Fsp3) is 0.500. The smallest absolute Gasteiger partial charge is 0.258 e. The maximum absolute atomic E-state index is 5.17. The average molecular weight is 258 g/mol. The molecule has 2 atom stereocenters. The van der Waals surface area contributed by atoms with Gasteiger partial charge in [-0.25, -0.2) is 4.98 Å². The highest BCUT2D eigenvalue weighted by Gasteiger charge is 2.36. The molecule has 2 unspecified atom stereocenters. The number of rotatable bonds is 5. The lowest BCUT2D eigenvalue weighted by molar-refractivity contribution is 0.425. The Morgan fingerprint density at radius 1 is 1.47 bits per heavy atom. The third kappa shape index (κ3) is 2.75. The first-order valence-electron chi connectivity index (χ1n) is 6.79. The van der Waals surface area contributed by atoms with Gasteiger partial charge in [-0.15, -0.1) is 0 Å². The molecule has 0 radical (unpaired) electrons. The van der Waals surface area contributed by atoms with Crippen LogP contribution < -0.4 is 5.32 Å². The Bertz CT molecular complexity index is 566. The SMILES string of the molecule is CCCC1CC1Nc1cc(-c2nc(C)no2)ccn1. The highest BCUT2D eigenvalue weighted by molar-refractivity contribution is 5.58. The number of pyridine rings is 1. The van der Waals surface area contributed by atoms with E-state index < -0.39 is 0 Å². The van der Waals surface area contributed by atoms with E-state index in [4.69, 9.17) is 4.52 Å². The zero-order valence-electron chi connectivity index (χ0n) is 11.3. The fourth-order valence-corrected chi connectivity index (χ4v) is 2.36. The topological polar surface area (TPSA) is 63.8 Å². The number of hydrogen-bond acceptors (Lipinski definition) is 5. The van der Waals surface area contributed by atoms with E-state index in [1.807, 2.05) is 19.1 Å². The van der Waals surface area contributed by atoms with Gasteiger partial charge in [0.05, 0.1) is 0 Å². The molecule has 1 saturated carbocycles. The second-order valence-corrected chi connectivity index (χ2v) is 5.11. The van der Waals surface area contributed by atoms with Crippen LogP contribution in [0.4, 0.5) is 5.82 Å². The third-order valence-electron chi connectivity index (χ3n) is 3.45. The summed E-state index contributed by atoms with van der Waals surface area (Å²) in [6, 6.07) is 4.43. The minimum absolute atomic E-state index is 0.545. The molecule has 0 saturated heterocycles. The molecule has 2 heterocycles. The van der Waals surface area contributed by atoms with Crippen molar-refractivity contribution in [3.63, 3.8) is 0 Å². The highest BCUT2D eigenvalue weighted by atomic mass is 16.5. The van der Waals surface area contributed by atoms with Crippen LogP contribution in [-0.2, 0) is 0 Å². The minimum atomic E-state index is 0.545. The molecular weight excluding hydrogens is 240 g/mol. The van der Waals surface area contributed by atoms with Gasteiger partial charge in [-0.3, -0.25) is 0 Å². The van der Waals surface area contributed by atoms with E-state index in [0.29, 0.717) is 17.8 Å². The lowest BCUT2D eigenvalue weighted by atomic mass is 10.2. The number of aryl methyl sites for hydroxylation is 1. The fourth-order valence-electron chi connectivity index (χ4n) is 2.36. The Kier molecular flexibility index (Phi) is 3.19. The molecule has 0 amide bonds. The largest absolute Gasteiger partial charge is 0.367 e. The number of nitrogens with one attached hydrogen (secondary N) is 1. The van der Waals surface area contributed by atoms with E-state index in [2.05, 4.69) is 27.4 Å². The van der Waals surface area contributed by atoms with Crippen LogP contribution in [0.25, 0.3) is 11.5 Å². The Morgan fingerprint density at radius 2 is 2.37 bits per heavy atom. The highest BCUT2D eigenvalue weighted by Crippen LogP contribution is 2.37. The standard InChI is InChI=1S/C14H18N4O/c1-3-4-10-7-12(10)17-13-8-11(5-6-15-13)14-16-9(2)18-19-14/h5-6,8,10,12H,3-4,7H2,1-2H3,(H,15,17). The Morgan fingerprint density at radius 3 is 3.11 bits per heavy atom. The average Bonchev–Trinajstić information content (AvgIpc) is 2.97. The van der Waals surface area contributed by atoms with Gasteiger partial charge in [0, 0.05) is 17.8 Å². The minimum Gasteiger partial charge on any atom is -0.367 e. The molecule has 2 aromatic heterocycles. The molecule has 0 spiro atoms. The lowest BCUT2D eigenvalue weighted by Crippen LogP contribution is -2.06. The maximum Gasteiger partial charge on any atom is 0.258 e. The first kappa shape index (κ1) is 12.1. The van der Waals surface area contributed by atoms with Crippen LogP contribution in [0.1, 0.15) is 32.0 Å². The molecule has 3 rings (SSSR count). The molecule has 19 heavy (non-hydrogen) atoms. The van der Waals surface area contributed by atoms with Crippen LogP contribution in [0.3, 0.4) is 0 Å². The van der Waals surface area contributed by atoms with Crippen LogP contribution in [0.5, 0.6) is 0 Å². The van der Waals surface area contributed by atoms with Crippen molar-refractivity contribution in [2.24, 2.45) is 5.92 Å². The van der Waals surface area contributed by atoms with Gasteiger partial charge in [-0.1, -0.05) is 18.5 Å². The molecule has 2 aromatic rings. The molecule has 1 fully saturated rings. The second-order valence-electron chi connectivity index (χ2n) is 5.11. The van der Waals surface area contributed by atoms with Crippen molar-refractivity contribution in [3.8, 4) is 11.5 Å². The van der Waals surface area contributed by atoms with Crippen molar-refractivity contribution in [2.45, 2.75) is 39.2 Å². The van der Waals surface area contributed by atoms with E-state index in [-0.39, 0.29) is 0 Å². The van der Waals surface area contributed by atoms with Crippen LogP contribution >= 0.6 is 0 Å². The first-order chi connectivity index (χ1) is 9.26. The van der Waals surface area contributed by atoms with Gasteiger partial charge < -0.3 is 9.84 Å². The molecule has 1 aliphatic rings. The molecule has 5 nitrogen and oxygen atoms in total. The van der Waals surface area contributed by atoms with Gasteiger partial charge >= 0.3 is 0 Å². The quantitative estimate of drug-likeness (QED) is 0.893. The summed E-state index contributed by atoms with van der Waals surface area (Å²) >= 11 is 0. The Labute approximate surface area is 112 Å². The van der Waals surface area contributed by atoms with Crippen molar-refractivity contribution in [1.29, 1.82) is 0 Å². The summed E-state index contributed by atoms with van der Waals surface area (Å²) in [4.78, 5) is 8.57. The predicted molar refractivity (Wildman–Crippen MR) is 72.7 cm³/mol. The van der Waals surface area contributed by atoms with E-state index in [0.717, 1.165) is 17.3 Å². The summed E-state index contributed by atoms with van der Waals surface area (Å²) in [6.07, 6.45) is 5.56. The first-order valence-corrected chi connectivity index (χ1v) is 6.79. The van der Waals surface area contributed by atoms with Crippen LogP contribution in [-0.4, -0.2) is 21.2 Å². The number of nitrogens with zero attached hydrogens (tertiary/aromatic N) is 3.